The summed E-state index contributed by atoms with van der Waals surface area (Å²) in [6.07, 6.45) is 6.57. The molecule has 1 aromatic heterocycles. The van der Waals surface area contributed by atoms with Gasteiger partial charge in [-0.1, -0.05) is 13.3 Å². The molecule has 17 heavy (non-hydrogen) atoms. The maximum Gasteiger partial charge on any atom is 0.270 e. The van der Waals surface area contributed by atoms with E-state index in [0.29, 0.717) is 5.69 Å². The van der Waals surface area contributed by atoms with Crippen molar-refractivity contribution in [1.82, 2.24) is 9.88 Å². The highest BCUT2D eigenvalue weighted by Crippen LogP contribution is 2.21. The summed E-state index contributed by atoms with van der Waals surface area (Å²) in [6.45, 7) is 4.03. The lowest BCUT2D eigenvalue weighted by Gasteiger charge is -2.19. The van der Waals surface area contributed by atoms with Crippen molar-refractivity contribution >= 4 is 21.8 Å². The van der Waals surface area contributed by atoms with E-state index in [1.54, 1.807) is 6.20 Å². The topological polar surface area (TPSA) is 36.1 Å². The van der Waals surface area contributed by atoms with Crippen LogP contribution in [0.1, 0.15) is 43.1 Å². The van der Waals surface area contributed by atoms with Crippen molar-refractivity contribution in [2.45, 2.75) is 32.6 Å². The number of hydrogen-bond donors (Lipinski definition) is 1. The van der Waals surface area contributed by atoms with Crippen molar-refractivity contribution in [3.05, 3.63) is 22.4 Å². The van der Waals surface area contributed by atoms with Gasteiger partial charge in [0, 0.05) is 23.8 Å². The van der Waals surface area contributed by atoms with Crippen LogP contribution in [-0.2, 0) is 0 Å². The lowest BCUT2D eigenvalue weighted by Crippen LogP contribution is -2.32. The van der Waals surface area contributed by atoms with Crippen LogP contribution in [0.15, 0.2) is 16.7 Å². The molecule has 0 aliphatic carbocycles. The molecule has 4 heteroatoms. The van der Waals surface area contributed by atoms with E-state index in [1.807, 2.05) is 11.0 Å². The molecule has 1 amide bonds. The van der Waals surface area contributed by atoms with Gasteiger partial charge in [0.1, 0.15) is 5.69 Å². The molecule has 0 saturated carbocycles. The molecule has 1 unspecified atom stereocenters. The normalized spacial score (nSPS) is 21.3. The molecular formula is C13H19BrN2O. The third-order valence-corrected chi connectivity index (χ3v) is 4.05. The van der Waals surface area contributed by atoms with Gasteiger partial charge in [0.2, 0.25) is 0 Å². The summed E-state index contributed by atoms with van der Waals surface area (Å²) in [5.41, 5.74) is 0.687. The first kappa shape index (κ1) is 12.7. The molecule has 94 valence electrons. The number of amides is 1. The molecule has 0 bridgehead atoms. The zero-order valence-corrected chi connectivity index (χ0v) is 11.8. The average Bonchev–Trinajstić information content (AvgIpc) is 2.64. The fourth-order valence-electron chi connectivity index (χ4n) is 2.44. The van der Waals surface area contributed by atoms with Gasteiger partial charge in [-0.3, -0.25) is 4.79 Å². The molecule has 3 nitrogen and oxygen atoms in total. The SMILES string of the molecule is CCC1CCCN(C(=O)c2cc(Br)c[nH]2)CC1. The number of likely N-dealkylation sites (tertiary alicyclic amines) is 1. The highest BCUT2D eigenvalue weighted by Gasteiger charge is 2.21. The van der Waals surface area contributed by atoms with Gasteiger partial charge in [0.05, 0.1) is 0 Å². The van der Waals surface area contributed by atoms with Crippen LogP contribution >= 0.6 is 15.9 Å². The van der Waals surface area contributed by atoms with Gasteiger partial charge in [-0.25, -0.2) is 0 Å². The molecule has 1 aromatic rings. The summed E-state index contributed by atoms with van der Waals surface area (Å²) < 4.78 is 0.933. The highest BCUT2D eigenvalue weighted by atomic mass is 79.9. The Labute approximate surface area is 111 Å². The molecule has 1 saturated heterocycles. The fraction of sp³-hybridized carbons (Fsp3) is 0.615. The summed E-state index contributed by atoms with van der Waals surface area (Å²) in [6, 6.07) is 1.85. The molecule has 2 rings (SSSR count). The number of carbonyl (C=O) groups excluding carboxylic acids is 1. The molecule has 1 atom stereocenters. The molecule has 0 radical (unpaired) electrons. The van der Waals surface area contributed by atoms with Gasteiger partial charge >= 0.3 is 0 Å². The molecule has 2 heterocycles. The van der Waals surface area contributed by atoms with E-state index in [0.717, 1.165) is 36.3 Å². The van der Waals surface area contributed by atoms with Crippen LogP contribution in [0.3, 0.4) is 0 Å². The van der Waals surface area contributed by atoms with Gasteiger partial charge in [0.15, 0.2) is 0 Å². The first-order valence-electron chi connectivity index (χ1n) is 6.34. The van der Waals surface area contributed by atoms with Crippen LogP contribution in [0.2, 0.25) is 0 Å². The van der Waals surface area contributed by atoms with Gasteiger partial charge in [-0.05, 0) is 47.2 Å². The molecular weight excluding hydrogens is 280 g/mol. The highest BCUT2D eigenvalue weighted by molar-refractivity contribution is 9.10. The standard InChI is InChI=1S/C13H19BrN2O/c1-2-10-4-3-6-16(7-5-10)13(17)12-8-11(14)9-15-12/h8-10,15H,2-7H2,1H3. The van der Waals surface area contributed by atoms with Crippen LogP contribution in [0.25, 0.3) is 0 Å². The van der Waals surface area contributed by atoms with Crippen molar-refractivity contribution in [3.8, 4) is 0 Å². The third-order valence-electron chi connectivity index (χ3n) is 3.59. The average molecular weight is 299 g/mol. The Morgan fingerprint density at radius 2 is 2.35 bits per heavy atom. The number of hydrogen-bond acceptors (Lipinski definition) is 1. The molecule has 1 N–H and O–H groups in total. The first-order valence-corrected chi connectivity index (χ1v) is 7.13. The number of aromatic amines is 1. The summed E-state index contributed by atoms with van der Waals surface area (Å²) >= 11 is 3.36. The third kappa shape index (κ3) is 3.12. The van der Waals surface area contributed by atoms with Crippen molar-refractivity contribution in [2.24, 2.45) is 5.92 Å². The lowest BCUT2D eigenvalue weighted by molar-refractivity contribution is 0.0754. The minimum atomic E-state index is 0.132. The van der Waals surface area contributed by atoms with E-state index in [1.165, 1.54) is 12.8 Å². The lowest BCUT2D eigenvalue weighted by atomic mass is 9.98. The summed E-state index contributed by atoms with van der Waals surface area (Å²) in [5.74, 6) is 0.927. The number of carbonyl (C=O) groups is 1. The van der Waals surface area contributed by atoms with Crippen LogP contribution < -0.4 is 0 Å². The molecule has 1 fully saturated rings. The summed E-state index contributed by atoms with van der Waals surface area (Å²) in [4.78, 5) is 17.2. The van der Waals surface area contributed by atoms with E-state index in [9.17, 15) is 4.79 Å². The van der Waals surface area contributed by atoms with Crippen molar-refractivity contribution in [2.75, 3.05) is 13.1 Å². The smallest absolute Gasteiger partial charge is 0.270 e. The Morgan fingerprint density at radius 3 is 3.00 bits per heavy atom. The van der Waals surface area contributed by atoms with Gasteiger partial charge < -0.3 is 9.88 Å². The predicted molar refractivity (Wildman–Crippen MR) is 72.0 cm³/mol. The van der Waals surface area contributed by atoms with Gasteiger partial charge in [-0.2, -0.15) is 0 Å². The summed E-state index contributed by atoms with van der Waals surface area (Å²) in [5, 5.41) is 0. The Kier molecular flexibility index (Phi) is 4.26. The number of rotatable bonds is 2. The Hall–Kier alpha value is -0.770. The Morgan fingerprint density at radius 1 is 1.53 bits per heavy atom. The van der Waals surface area contributed by atoms with E-state index in [2.05, 4.69) is 27.8 Å². The van der Waals surface area contributed by atoms with Crippen LogP contribution in [0.5, 0.6) is 0 Å². The second-order valence-corrected chi connectivity index (χ2v) is 5.64. The molecule has 0 spiro atoms. The van der Waals surface area contributed by atoms with Crippen molar-refractivity contribution < 1.29 is 4.79 Å². The monoisotopic (exact) mass is 298 g/mol. The second-order valence-electron chi connectivity index (χ2n) is 4.73. The van der Waals surface area contributed by atoms with Crippen molar-refractivity contribution in [3.63, 3.8) is 0 Å². The maximum absolute atomic E-state index is 12.2. The van der Waals surface area contributed by atoms with Crippen LogP contribution in [0, 0.1) is 5.92 Å². The zero-order valence-electron chi connectivity index (χ0n) is 10.2. The Balaban J connectivity index is 2.00. The maximum atomic E-state index is 12.2. The van der Waals surface area contributed by atoms with E-state index >= 15 is 0 Å². The molecule has 1 aliphatic rings. The van der Waals surface area contributed by atoms with Gasteiger partial charge in [0.25, 0.3) is 5.91 Å². The number of halogens is 1. The fourth-order valence-corrected chi connectivity index (χ4v) is 2.78. The minimum absolute atomic E-state index is 0.132. The van der Waals surface area contributed by atoms with Crippen LogP contribution in [0.4, 0.5) is 0 Å². The predicted octanol–water partition coefficient (Wildman–Crippen LogP) is 3.43. The largest absolute Gasteiger partial charge is 0.356 e. The first-order chi connectivity index (χ1) is 8.20. The van der Waals surface area contributed by atoms with Crippen molar-refractivity contribution in [1.29, 1.82) is 0 Å². The Bertz CT molecular complexity index is 389. The van der Waals surface area contributed by atoms with E-state index < -0.39 is 0 Å². The second kappa shape index (κ2) is 5.71. The summed E-state index contributed by atoms with van der Waals surface area (Å²) in [7, 11) is 0. The number of aromatic nitrogens is 1. The van der Waals surface area contributed by atoms with Crippen LogP contribution in [-0.4, -0.2) is 28.9 Å². The van der Waals surface area contributed by atoms with E-state index in [4.69, 9.17) is 0 Å². The molecule has 1 aliphatic heterocycles. The van der Waals surface area contributed by atoms with Gasteiger partial charge in [-0.15, -0.1) is 0 Å². The van der Waals surface area contributed by atoms with E-state index in [-0.39, 0.29) is 5.91 Å². The minimum Gasteiger partial charge on any atom is -0.356 e. The molecule has 0 aromatic carbocycles. The number of nitrogens with zero attached hydrogens (tertiary/aromatic N) is 1. The quantitative estimate of drug-likeness (QED) is 0.892. The zero-order chi connectivity index (χ0) is 12.3. The number of H-pyrrole nitrogens is 1. The number of nitrogens with one attached hydrogen (secondary N) is 1.